The maximum Gasteiger partial charge on any atom is 0.528 e. The number of hydrogen-bond acceptors (Lipinski definition) is 4. The molecule has 0 bridgehead atoms. The summed E-state index contributed by atoms with van der Waals surface area (Å²) >= 11 is 0. The van der Waals surface area contributed by atoms with E-state index in [1.807, 2.05) is 0 Å². The van der Waals surface area contributed by atoms with Crippen molar-refractivity contribution in [2.24, 2.45) is 5.73 Å². The Labute approximate surface area is 77.4 Å². The van der Waals surface area contributed by atoms with Crippen molar-refractivity contribution in [3.05, 3.63) is 0 Å². The molecule has 0 aliphatic rings. The van der Waals surface area contributed by atoms with Gasteiger partial charge in [-0.2, -0.15) is 0 Å². The summed E-state index contributed by atoms with van der Waals surface area (Å²) in [5.74, 6) is 0. The fraction of sp³-hybridized carbons (Fsp3) is 0. The third-order valence-corrected chi connectivity index (χ3v) is 0.831. The standard InChI is InChI=1S/C2H5N2O6P.Al.3H/c3-1(5)4-2(6)10-11(7,8)9;;;;/h(H2,7,8,9)(H3,3,4,5,6);;;;. The van der Waals surface area contributed by atoms with Gasteiger partial charge in [0.1, 0.15) is 0 Å². The van der Waals surface area contributed by atoms with Crippen molar-refractivity contribution < 1.29 is 28.5 Å². The van der Waals surface area contributed by atoms with Crippen molar-refractivity contribution in [2.45, 2.75) is 0 Å². The molecule has 0 aromatic carbocycles. The first-order valence-electron chi connectivity index (χ1n) is 2.17. The molecule has 0 rings (SSSR count). The number of amides is 3. The molecule has 0 heterocycles. The molecular weight excluding hydrogens is 206 g/mol. The molecule has 12 heavy (non-hydrogen) atoms. The Balaban J connectivity index is 0. The minimum absolute atomic E-state index is 0. The van der Waals surface area contributed by atoms with Crippen LogP contribution < -0.4 is 11.1 Å². The molecule has 0 saturated heterocycles. The van der Waals surface area contributed by atoms with Gasteiger partial charge in [0.15, 0.2) is 17.4 Å². The fourth-order valence-corrected chi connectivity index (χ4v) is 0.493. The molecular formula is C2H8AlN2O6P. The predicted molar refractivity (Wildman–Crippen MR) is 41.2 cm³/mol. The van der Waals surface area contributed by atoms with Gasteiger partial charge in [0.2, 0.25) is 0 Å². The van der Waals surface area contributed by atoms with E-state index in [4.69, 9.17) is 9.79 Å². The number of primary amides is 1. The van der Waals surface area contributed by atoms with Gasteiger partial charge in [-0.05, 0) is 0 Å². The van der Waals surface area contributed by atoms with Crippen molar-refractivity contribution in [2.75, 3.05) is 0 Å². The molecule has 0 spiro atoms. The second kappa shape index (κ2) is 5.14. The van der Waals surface area contributed by atoms with Crippen molar-refractivity contribution >= 4 is 37.3 Å². The van der Waals surface area contributed by atoms with Gasteiger partial charge in [0.05, 0.1) is 0 Å². The highest BCUT2D eigenvalue weighted by atomic mass is 31.2. The third kappa shape index (κ3) is 9.42. The maximum absolute atomic E-state index is 10.1. The van der Waals surface area contributed by atoms with Crippen molar-refractivity contribution in [1.29, 1.82) is 0 Å². The molecule has 3 amide bonds. The summed E-state index contributed by atoms with van der Waals surface area (Å²) in [6.45, 7) is 0. The average molecular weight is 214 g/mol. The van der Waals surface area contributed by atoms with E-state index in [1.54, 1.807) is 0 Å². The number of phosphoric acid groups is 1. The largest absolute Gasteiger partial charge is 0.528 e. The maximum atomic E-state index is 10.1. The monoisotopic (exact) mass is 214 g/mol. The van der Waals surface area contributed by atoms with Crippen LogP contribution in [0.1, 0.15) is 0 Å². The molecule has 0 aromatic rings. The molecule has 0 atom stereocenters. The van der Waals surface area contributed by atoms with Crippen LogP contribution in [0.5, 0.6) is 0 Å². The fourth-order valence-electron chi connectivity index (χ4n) is 0.231. The second-order valence-corrected chi connectivity index (χ2v) is 2.52. The predicted octanol–water partition coefficient (Wildman–Crippen LogP) is -2.30. The third-order valence-electron chi connectivity index (χ3n) is 0.427. The van der Waals surface area contributed by atoms with Gasteiger partial charge in [-0.15, -0.1) is 0 Å². The SMILES string of the molecule is NC(=O)NC(=O)OP(=O)(O)O.[AlH3]. The molecule has 8 nitrogen and oxygen atoms in total. The summed E-state index contributed by atoms with van der Waals surface area (Å²) in [6.07, 6.45) is -1.59. The van der Waals surface area contributed by atoms with E-state index >= 15 is 0 Å². The lowest BCUT2D eigenvalue weighted by Gasteiger charge is -2.03. The summed E-state index contributed by atoms with van der Waals surface area (Å²) in [5.41, 5.74) is 4.41. The summed E-state index contributed by atoms with van der Waals surface area (Å²) < 4.78 is 13.2. The van der Waals surface area contributed by atoms with Crippen LogP contribution in [-0.2, 0) is 9.09 Å². The quantitative estimate of drug-likeness (QED) is 0.286. The molecule has 0 radical (unpaired) electrons. The smallest absolute Gasteiger partial charge is 0.353 e. The van der Waals surface area contributed by atoms with Crippen LogP contribution in [0.15, 0.2) is 0 Å². The number of rotatable bonds is 1. The van der Waals surface area contributed by atoms with Gasteiger partial charge in [-0.3, -0.25) is 9.79 Å². The molecule has 0 saturated carbocycles. The Morgan fingerprint density at radius 2 is 1.83 bits per heavy atom. The molecule has 5 N–H and O–H groups in total. The number of hydrogen-bond donors (Lipinski definition) is 4. The highest BCUT2D eigenvalue weighted by Crippen LogP contribution is 2.35. The molecule has 0 aliphatic carbocycles. The van der Waals surface area contributed by atoms with E-state index in [1.165, 1.54) is 5.32 Å². The molecule has 70 valence electrons. The van der Waals surface area contributed by atoms with E-state index in [9.17, 15) is 14.2 Å². The highest BCUT2D eigenvalue weighted by molar-refractivity contribution is 7.46. The number of nitrogens with one attached hydrogen (secondary N) is 1. The van der Waals surface area contributed by atoms with E-state index < -0.39 is 19.9 Å². The van der Waals surface area contributed by atoms with Crippen molar-refractivity contribution in [1.82, 2.24) is 5.32 Å². The lowest BCUT2D eigenvalue weighted by Crippen LogP contribution is -2.34. The summed E-state index contributed by atoms with van der Waals surface area (Å²) in [7, 11) is -4.90. The second-order valence-electron chi connectivity index (χ2n) is 1.36. The highest BCUT2D eigenvalue weighted by Gasteiger charge is 2.20. The van der Waals surface area contributed by atoms with Crippen molar-refractivity contribution in [3.8, 4) is 0 Å². The van der Waals surface area contributed by atoms with E-state index in [0.29, 0.717) is 0 Å². The normalized spacial score (nSPS) is 9.50. The Bertz CT molecular complexity index is 224. The summed E-state index contributed by atoms with van der Waals surface area (Å²) in [6, 6.07) is -1.26. The summed E-state index contributed by atoms with van der Waals surface area (Å²) in [5, 5.41) is 1.28. The zero-order valence-electron chi connectivity index (χ0n) is 5.05. The number of urea groups is 1. The van der Waals surface area contributed by atoms with Crippen LogP contribution in [0.4, 0.5) is 9.59 Å². The Morgan fingerprint density at radius 3 is 2.08 bits per heavy atom. The molecule has 0 aliphatic heterocycles. The Hall–Kier alpha value is -0.578. The minimum atomic E-state index is -4.90. The zero-order valence-corrected chi connectivity index (χ0v) is 5.95. The minimum Gasteiger partial charge on any atom is -0.353 e. The number of phosphoric ester groups is 1. The number of imide groups is 1. The van der Waals surface area contributed by atoms with Gasteiger partial charge >= 0.3 is 19.9 Å². The first kappa shape index (κ1) is 14.0. The molecule has 0 unspecified atom stereocenters. The van der Waals surface area contributed by atoms with Gasteiger partial charge in [-0.25, -0.2) is 19.5 Å². The lowest BCUT2D eigenvalue weighted by molar-refractivity contribution is 0.177. The summed E-state index contributed by atoms with van der Waals surface area (Å²) in [4.78, 5) is 35.9. The number of carbonyl (C=O) groups excluding carboxylic acids is 2. The van der Waals surface area contributed by atoms with Crippen molar-refractivity contribution in [3.63, 3.8) is 0 Å². The average Bonchev–Trinajstić information content (AvgIpc) is 1.53. The number of nitrogens with two attached hydrogens (primary N) is 1. The van der Waals surface area contributed by atoms with Gasteiger partial charge in [0, 0.05) is 0 Å². The van der Waals surface area contributed by atoms with E-state index in [-0.39, 0.29) is 17.4 Å². The van der Waals surface area contributed by atoms with Crippen LogP contribution in [-0.4, -0.2) is 39.3 Å². The number of carbonyl (C=O) groups is 2. The van der Waals surface area contributed by atoms with Gasteiger partial charge < -0.3 is 10.3 Å². The topological polar surface area (TPSA) is 139 Å². The Kier molecular flexibility index (Phi) is 5.98. The van der Waals surface area contributed by atoms with E-state index in [0.717, 1.165) is 0 Å². The van der Waals surface area contributed by atoms with Crippen LogP contribution in [0, 0.1) is 0 Å². The molecule has 0 aromatic heterocycles. The van der Waals surface area contributed by atoms with E-state index in [2.05, 4.69) is 10.3 Å². The van der Waals surface area contributed by atoms with Crippen LogP contribution in [0.25, 0.3) is 0 Å². The molecule has 0 fully saturated rings. The lowest BCUT2D eigenvalue weighted by atomic mass is 11.0. The first-order valence-corrected chi connectivity index (χ1v) is 3.70. The Morgan fingerprint density at radius 1 is 1.42 bits per heavy atom. The van der Waals surface area contributed by atoms with Crippen LogP contribution in [0.2, 0.25) is 0 Å². The molecule has 10 heteroatoms. The van der Waals surface area contributed by atoms with Gasteiger partial charge in [-0.1, -0.05) is 0 Å². The van der Waals surface area contributed by atoms with Gasteiger partial charge in [0.25, 0.3) is 0 Å². The zero-order chi connectivity index (χ0) is 9.07. The van der Waals surface area contributed by atoms with Crippen LogP contribution in [0.3, 0.4) is 0 Å². The van der Waals surface area contributed by atoms with Crippen LogP contribution >= 0.6 is 7.82 Å². The first-order chi connectivity index (χ1) is 4.81.